The first-order valence-electron chi connectivity index (χ1n) is 4.76. The molecule has 88 valence electrons. The maximum Gasteiger partial charge on any atom is 0.329 e. The summed E-state index contributed by atoms with van der Waals surface area (Å²) >= 11 is 0. The molecule has 6 nitrogen and oxygen atoms in total. The van der Waals surface area contributed by atoms with Crippen LogP contribution < -0.4 is 16.0 Å². The molecule has 0 fully saturated rings. The minimum Gasteiger partial charge on any atom is -0.419 e. The van der Waals surface area contributed by atoms with E-state index in [4.69, 9.17) is 4.74 Å². The van der Waals surface area contributed by atoms with E-state index >= 15 is 0 Å². The van der Waals surface area contributed by atoms with Gasteiger partial charge in [0, 0.05) is 12.5 Å². The molecule has 0 aliphatic carbocycles. The molecular formula is C10H14N2O4. The van der Waals surface area contributed by atoms with Gasteiger partial charge >= 0.3 is 11.7 Å². The van der Waals surface area contributed by atoms with Crippen molar-refractivity contribution in [2.24, 2.45) is 0 Å². The number of carbonyl (C=O) groups excluding carboxylic acids is 1. The van der Waals surface area contributed by atoms with Crippen LogP contribution in [-0.4, -0.2) is 15.5 Å². The fourth-order valence-electron chi connectivity index (χ4n) is 1.18. The number of aromatic amines is 1. The summed E-state index contributed by atoms with van der Waals surface area (Å²) in [6.07, 6.45) is 1.24. The first-order valence-corrected chi connectivity index (χ1v) is 4.76. The predicted molar refractivity (Wildman–Crippen MR) is 57.6 cm³/mol. The van der Waals surface area contributed by atoms with Gasteiger partial charge in [0.15, 0.2) is 0 Å². The second kappa shape index (κ2) is 3.96. The third-order valence-corrected chi connectivity index (χ3v) is 1.89. The molecule has 0 saturated carbocycles. The summed E-state index contributed by atoms with van der Waals surface area (Å²) in [5.41, 5.74) is -1.75. The van der Waals surface area contributed by atoms with Gasteiger partial charge in [-0.05, 0) is 20.8 Å². The summed E-state index contributed by atoms with van der Waals surface area (Å²) in [4.78, 5) is 35.6. The van der Waals surface area contributed by atoms with E-state index < -0.39 is 22.8 Å². The molecule has 16 heavy (non-hydrogen) atoms. The average Bonchev–Trinajstić information content (AvgIpc) is 2.06. The second-order valence-electron chi connectivity index (χ2n) is 4.39. The van der Waals surface area contributed by atoms with E-state index in [0.717, 1.165) is 0 Å². The van der Waals surface area contributed by atoms with Crippen molar-refractivity contribution in [2.75, 3.05) is 0 Å². The molecule has 0 bridgehead atoms. The number of hydrogen-bond acceptors (Lipinski definition) is 4. The summed E-state index contributed by atoms with van der Waals surface area (Å²) in [6.45, 7) is 6.57. The zero-order chi connectivity index (χ0) is 12.5. The predicted octanol–water partition coefficient (Wildman–Crippen LogP) is 0.217. The van der Waals surface area contributed by atoms with Crippen LogP contribution in [0.5, 0.6) is 5.75 Å². The van der Waals surface area contributed by atoms with Crippen molar-refractivity contribution in [2.45, 2.75) is 33.2 Å². The van der Waals surface area contributed by atoms with Crippen LogP contribution in [0, 0.1) is 0 Å². The van der Waals surface area contributed by atoms with Crippen LogP contribution in [0.1, 0.15) is 27.7 Å². The molecule has 1 aromatic heterocycles. The Balaban J connectivity index is 3.39. The highest BCUT2D eigenvalue weighted by atomic mass is 16.5. The fraction of sp³-hybridized carbons (Fsp3) is 0.500. The van der Waals surface area contributed by atoms with E-state index in [1.165, 1.54) is 17.7 Å². The monoisotopic (exact) mass is 226 g/mol. The van der Waals surface area contributed by atoms with E-state index in [1.54, 1.807) is 20.8 Å². The molecule has 0 saturated heterocycles. The molecule has 0 spiro atoms. The maximum atomic E-state index is 11.5. The Kier molecular flexibility index (Phi) is 3.02. The third kappa shape index (κ3) is 2.59. The number of nitrogens with zero attached hydrogens (tertiary/aromatic N) is 1. The van der Waals surface area contributed by atoms with Crippen LogP contribution in [0.25, 0.3) is 0 Å². The lowest BCUT2D eigenvalue weighted by molar-refractivity contribution is -0.132. The largest absolute Gasteiger partial charge is 0.419 e. The molecule has 1 heterocycles. The number of ether oxygens (including phenoxy) is 1. The van der Waals surface area contributed by atoms with Crippen molar-refractivity contribution in [1.29, 1.82) is 0 Å². The molecular weight excluding hydrogens is 212 g/mol. The van der Waals surface area contributed by atoms with Crippen molar-refractivity contribution in [3.05, 3.63) is 27.0 Å². The van der Waals surface area contributed by atoms with Crippen molar-refractivity contribution >= 4 is 5.97 Å². The minimum atomic E-state index is -0.708. The lowest BCUT2D eigenvalue weighted by atomic mass is 10.1. The summed E-state index contributed by atoms with van der Waals surface area (Å²) < 4.78 is 5.99. The van der Waals surface area contributed by atoms with E-state index in [-0.39, 0.29) is 5.75 Å². The van der Waals surface area contributed by atoms with Gasteiger partial charge in [0.1, 0.15) is 0 Å². The van der Waals surface area contributed by atoms with E-state index in [9.17, 15) is 14.4 Å². The van der Waals surface area contributed by atoms with E-state index in [0.29, 0.717) is 0 Å². The van der Waals surface area contributed by atoms with Crippen molar-refractivity contribution in [3.8, 4) is 5.75 Å². The molecule has 0 atom stereocenters. The van der Waals surface area contributed by atoms with Crippen LogP contribution in [0.2, 0.25) is 0 Å². The van der Waals surface area contributed by atoms with E-state index in [1.807, 2.05) is 0 Å². The van der Waals surface area contributed by atoms with Crippen molar-refractivity contribution in [3.63, 3.8) is 0 Å². The van der Waals surface area contributed by atoms with Gasteiger partial charge in [0.05, 0.1) is 6.20 Å². The standard InChI is InChI=1S/C10H14N2O4/c1-6(13)16-7-5-12(10(2,3)4)9(15)11-8(7)14/h5H,1-4H3,(H,11,14,15). The molecule has 0 unspecified atom stereocenters. The van der Waals surface area contributed by atoms with Gasteiger partial charge in [-0.2, -0.15) is 0 Å². The van der Waals surface area contributed by atoms with Crippen LogP contribution in [0.3, 0.4) is 0 Å². The Morgan fingerprint density at radius 2 is 1.94 bits per heavy atom. The Hall–Kier alpha value is -1.85. The number of esters is 1. The smallest absolute Gasteiger partial charge is 0.329 e. The van der Waals surface area contributed by atoms with Crippen LogP contribution in [0.4, 0.5) is 0 Å². The zero-order valence-electron chi connectivity index (χ0n) is 9.66. The summed E-state index contributed by atoms with van der Waals surface area (Å²) in [6, 6.07) is 0. The number of H-pyrrole nitrogens is 1. The Bertz CT molecular complexity index is 519. The molecule has 0 amide bonds. The van der Waals surface area contributed by atoms with Gasteiger partial charge < -0.3 is 4.74 Å². The number of nitrogens with one attached hydrogen (secondary N) is 1. The third-order valence-electron chi connectivity index (χ3n) is 1.89. The molecule has 1 aromatic rings. The maximum absolute atomic E-state index is 11.5. The highest BCUT2D eigenvalue weighted by molar-refractivity contribution is 5.68. The number of rotatable bonds is 1. The lowest BCUT2D eigenvalue weighted by Gasteiger charge is -2.21. The van der Waals surface area contributed by atoms with Crippen molar-refractivity contribution in [1.82, 2.24) is 9.55 Å². The SMILES string of the molecule is CC(=O)Oc1cn(C(C)(C)C)c(=O)[nH]c1=O. The fourth-order valence-corrected chi connectivity index (χ4v) is 1.18. The molecule has 0 aliphatic heterocycles. The summed E-state index contributed by atoms with van der Waals surface area (Å²) in [7, 11) is 0. The minimum absolute atomic E-state index is 0.179. The molecule has 1 rings (SSSR count). The highest BCUT2D eigenvalue weighted by Crippen LogP contribution is 2.12. The van der Waals surface area contributed by atoms with Crippen LogP contribution in [-0.2, 0) is 10.3 Å². The van der Waals surface area contributed by atoms with Gasteiger partial charge in [0.25, 0.3) is 5.56 Å². The Morgan fingerprint density at radius 3 is 2.38 bits per heavy atom. The number of carbonyl (C=O) groups is 1. The highest BCUT2D eigenvalue weighted by Gasteiger charge is 2.17. The van der Waals surface area contributed by atoms with Crippen LogP contribution in [0.15, 0.2) is 15.8 Å². The number of hydrogen-bond donors (Lipinski definition) is 1. The van der Waals surface area contributed by atoms with Crippen LogP contribution >= 0.6 is 0 Å². The van der Waals surface area contributed by atoms with Crippen molar-refractivity contribution < 1.29 is 9.53 Å². The van der Waals surface area contributed by atoms with Gasteiger partial charge in [0.2, 0.25) is 5.75 Å². The average molecular weight is 226 g/mol. The second-order valence-corrected chi connectivity index (χ2v) is 4.39. The summed E-state index contributed by atoms with van der Waals surface area (Å²) in [5, 5.41) is 0. The zero-order valence-corrected chi connectivity index (χ0v) is 9.66. The topological polar surface area (TPSA) is 81.2 Å². The Morgan fingerprint density at radius 1 is 1.38 bits per heavy atom. The first-order chi connectivity index (χ1) is 7.21. The molecule has 0 aliphatic rings. The molecule has 6 heteroatoms. The summed E-state index contributed by atoms with van der Waals surface area (Å²) in [5.74, 6) is -0.786. The normalized spacial score (nSPS) is 11.2. The van der Waals surface area contributed by atoms with E-state index in [2.05, 4.69) is 4.98 Å². The molecule has 0 aromatic carbocycles. The Labute approximate surface area is 91.9 Å². The first kappa shape index (κ1) is 12.2. The van der Waals surface area contributed by atoms with Gasteiger partial charge in [-0.15, -0.1) is 0 Å². The molecule has 0 radical (unpaired) electrons. The lowest BCUT2D eigenvalue weighted by Crippen LogP contribution is -2.38. The van der Waals surface area contributed by atoms with Gasteiger partial charge in [-0.25, -0.2) is 4.79 Å². The molecule has 1 N–H and O–H groups in total. The van der Waals surface area contributed by atoms with Gasteiger partial charge in [-0.1, -0.05) is 0 Å². The number of aromatic nitrogens is 2. The quantitative estimate of drug-likeness (QED) is 0.694. The van der Waals surface area contributed by atoms with Gasteiger partial charge in [-0.3, -0.25) is 19.1 Å².